The Labute approximate surface area is 175 Å². The van der Waals surface area contributed by atoms with E-state index in [0.717, 1.165) is 17.1 Å². The molecule has 0 bridgehead atoms. The number of furan rings is 1. The molecule has 8 nitrogen and oxygen atoms in total. The van der Waals surface area contributed by atoms with Gasteiger partial charge in [-0.1, -0.05) is 0 Å². The van der Waals surface area contributed by atoms with E-state index in [-0.39, 0.29) is 23.9 Å². The number of nitrogens with zero attached hydrogens (tertiary/aromatic N) is 1. The molecule has 0 unspecified atom stereocenters. The van der Waals surface area contributed by atoms with Gasteiger partial charge in [-0.15, -0.1) is 0 Å². The molecule has 1 aromatic carbocycles. The zero-order valence-electron chi connectivity index (χ0n) is 17.1. The molecule has 0 aliphatic rings. The first-order valence-electron chi connectivity index (χ1n) is 9.43. The Kier molecular flexibility index (Phi) is 6.63. The zero-order chi connectivity index (χ0) is 21.7. The van der Waals surface area contributed by atoms with Crippen LogP contribution in [0.15, 0.2) is 58.0 Å². The number of amides is 1. The summed E-state index contributed by atoms with van der Waals surface area (Å²) in [4.78, 5) is 12.7. The van der Waals surface area contributed by atoms with Crippen LogP contribution in [-0.2, 0) is 16.6 Å². The minimum atomic E-state index is -3.66. The van der Waals surface area contributed by atoms with Gasteiger partial charge in [0.1, 0.15) is 11.5 Å². The van der Waals surface area contributed by atoms with Crippen molar-refractivity contribution in [2.24, 2.45) is 0 Å². The van der Waals surface area contributed by atoms with Gasteiger partial charge in [0.25, 0.3) is 5.91 Å². The molecule has 0 radical (unpaired) electrons. The van der Waals surface area contributed by atoms with Gasteiger partial charge in [0.2, 0.25) is 10.0 Å². The molecule has 0 spiro atoms. The van der Waals surface area contributed by atoms with Crippen molar-refractivity contribution in [2.45, 2.75) is 25.3 Å². The molecule has 2 heterocycles. The normalized spacial score (nSPS) is 11.4. The summed E-state index contributed by atoms with van der Waals surface area (Å²) in [5, 5.41) is 2.76. The number of nitrogens with one attached hydrogen (secondary N) is 2. The van der Waals surface area contributed by atoms with E-state index in [1.165, 1.54) is 19.2 Å². The van der Waals surface area contributed by atoms with Gasteiger partial charge < -0.3 is 19.0 Å². The second kappa shape index (κ2) is 9.19. The van der Waals surface area contributed by atoms with Crippen LogP contribution in [0.25, 0.3) is 0 Å². The molecule has 30 heavy (non-hydrogen) atoms. The number of aromatic nitrogens is 1. The molecule has 0 aliphatic heterocycles. The largest absolute Gasteiger partial charge is 0.497 e. The third kappa shape index (κ3) is 4.92. The van der Waals surface area contributed by atoms with E-state index in [1.54, 1.807) is 18.4 Å². The van der Waals surface area contributed by atoms with E-state index < -0.39 is 10.0 Å². The number of aryl methyl sites for hydroxylation is 1. The lowest BCUT2D eigenvalue weighted by atomic mass is 10.2. The van der Waals surface area contributed by atoms with E-state index in [0.29, 0.717) is 17.9 Å². The summed E-state index contributed by atoms with van der Waals surface area (Å²) >= 11 is 0. The van der Waals surface area contributed by atoms with Crippen molar-refractivity contribution in [3.05, 3.63) is 71.4 Å². The summed E-state index contributed by atoms with van der Waals surface area (Å²) in [5.41, 5.74) is 2.31. The van der Waals surface area contributed by atoms with Crippen molar-refractivity contribution in [3.8, 4) is 5.75 Å². The van der Waals surface area contributed by atoms with Gasteiger partial charge in [-0.3, -0.25) is 4.79 Å². The van der Waals surface area contributed by atoms with Crippen LogP contribution in [0, 0.1) is 13.8 Å². The molecule has 0 aliphatic carbocycles. The van der Waals surface area contributed by atoms with Crippen LogP contribution in [0.4, 0.5) is 0 Å². The van der Waals surface area contributed by atoms with Crippen molar-refractivity contribution < 1.29 is 22.4 Å². The van der Waals surface area contributed by atoms with Crippen molar-refractivity contribution in [1.29, 1.82) is 0 Å². The van der Waals surface area contributed by atoms with Gasteiger partial charge in [-0.25, -0.2) is 13.1 Å². The van der Waals surface area contributed by atoms with E-state index in [1.807, 2.05) is 36.6 Å². The molecule has 9 heteroatoms. The first-order chi connectivity index (χ1) is 14.3. The molecule has 0 saturated carbocycles. The molecule has 3 rings (SSSR count). The summed E-state index contributed by atoms with van der Waals surface area (Å²) in [6.07, 6.45) is 1.62. The van der Waals surface area contributed by atoms with Crippen molar-refractivity contribution in [3.63, 3.8) is 0 Å². The van der Waals surface area contributed by atoms with Crippen LogP contribution in [-0.4, -0.2) is 39.1 Å². The highest BCUT2D eigenvalue weighted by Gasteiger charge is 2.17. The summed E-state index contributed by atoms with van der Waals surface area (Å²) in [7, 11) is -2.15. The molecule has 2 N–H and O–H groups in total. The number of sulfonamides is 1. The van der Waals surface area contributed by atoms with Crippen LogP contribution < -0.4 is 14.8 Å². The summed E-state index contributed by atoms with van der Waals surface area (Å²) in [6.45, 7) is 4.58. The van der Waals surface area contributed by atoms with Crippen LogP contribution in [0.2, 0.25) is 0 Å². The van der Waals surface area contributed by atoms with Crippen molar-refractivity contribution in [1.82, 2.24) is 14.6 Å². The number of carbonyl (C=O) groups is 1. The van der Waals surface area contributed by atoms with Gasteiger partial charge in [-0.2, -0.15) is 0 Å². The number of rotatable bonds is 9. The standard InChI is InChI=1S/C21H25N3O5S/c1-15-13-20(16(2)24(15)14-18-5-4-12-29-18)21(25)22-10-11-23-30(26,27)19-8-6-17(28-3)7-9-19/h4-9,12-13,23H,10-11,14H2,1-3H3,(H,22,25). The quantitative estimate of drug-likeness (QED) is 0.507. The third-order valence-electron chi connectivity index (χ3n) is 4.78. The second-order valence-electron chi connectivity index (χ2n) is 6.78. The zero-order valence-corrected chi connectivity index (χ0v) is 18.0. The maximum atomic E-state index is 12.6. The van der Waals surface area contributed by atoms with Crippen molar-refractivity contribution >= 4 is 15.9 Å². The predicted octanol–water partition coefficient (Wildman–Crippen LogP) is 2.46. The van der Waals surface area contributed by atoms with Gasteiger partial charge in [0.15, 0.2) is 0 Å². The van der Waals surface area contributed by atoms with Crippen LogP contribution >= 0.6 is 0 Å². The molecular weight excluding hydrogens is 406 g/mol. The molecule has 0 saturated heterocycles. The van der Waals surface area contributed by atoms with Gasteiger partial charge in [0.05, 0.1) is 30.4 Å². The van der Waals surface area contributed by atoms with E-state index in [9.17, 15) is 13.2 Å². The topological polar surface area (TPSA) is 103 Å². The Morgan fingerprint density at radius 2 is 1.87 bits per heavy atom. The first-order valence-corrected chi connectivity index (χ1v) is 10.9. The molecule has 0 fully saturated rings. The Morgan fingerprint density at radius 3 is 2.50 bits per heavy atom. The van der Waals surface area contributed by atoms with Crippen LogP contribution in [0.1, 0.15) is 27.5 Å². The average molecular weight is 432 g/mol. The molecule has 2 aromatic heterocycles. The highest BCUT2D eigenvalue weighted by Crippen LogP contribution is 2.18. The lowest BCUT2D eigenvalue weighted by Gasteiger charge is -2.10. The number of carbonyl (C=O) groups excluding carboxylic acids is 1. The first kappa shape index (κ1) is 21.7. The summed E-state index contributed by atoms with van der Waals surface area (Å²) < 4.78 is 39.5. The molecular formula is C21H25N3O5S. The Hall–Kier alpha value is -3.04. The van der Waals surface area contributed by atoms with Crippen molar-refractivity contribution in [2.75, 3.05) is 20.2 Å². The van der Waals surface area contributed by atoms with E-state index >= 15 is 0 Å². The predicted molar refractivity (Wildman–Crippen MR) is 112 cm³/mol. The number of benzene rings is 1. The fourth-order valence-electron chi connectivity index (χ4n) is 3.13. The highest BCUT2D eigenvalue weighted by molar-refractivity contribution is 7.89. The Morgan fingerprint density at radius 1 is 1.13 bits per heavy atom. The maximum absolute atomic E-state index is 12.6. The number of hydrogen-bond acceptors (Lipinski definition) is 5. The molecule has 1 amide bonds. The number of hydrogen-bond donors (Lipinski definition) is 2. The number of ether oxygens (including phenoxy) is 1. The third-order valence-corrected chi connectivity index (χ3v) is 6.26. The van der Waals surface area contributed by atoms with E-state index in [2.05, 4.69) is 10.0 Å². The minimum absolute atomic E-state index is 0.0746. The average Bonchev–Trinajstić information content (AvgIpc) is 3.35. The van der Waals surface area contributed by atoms with Gasteiger partial charge in [0, 0.05) is 24.5 Å². The summed E-state index contributed by atoms with van der Waals surface area (Å²) in [6, 6.07) is 11.6. The fourth-order valence-corrected chi connectivity index (χ4v) is 4.16. The lowest BCUT2D eigenvalue weighted by Crippen LogP contribution is -2.34. The van der Waals surface area contributed by atoms with E-state index in [4.69, 9.17) is 9.15 Å². The van der Waals surface area contributed by atoms with Gasteiger partial charge in [-0.05, 0) is 56.3 Å². The monoisotopic (exact) mass is 431 g/mol. The minimum Gasteiger partial charge on any atom is -0.497 e. The SMILES string of the molecule is COc1ccc(S(=O)(=O)NCCNC(=O)c2cc(C)n(Cc3ccco3)c2C)cc1. The molecule has 160 valence electrons. The fraction of sp³-hybridized carbons (Fsp3) is 0.286. The lowest BCUT2D eigenvalue weighted by molar-refractivity contribution is 0.0953. The van der Waals surface area contributed by atoms with Crippen LogP contribution in [0.3, 0.4) is 0 Å². The molecule has 3 aromatic rings. The second-order valence-corrected chi connectivity index (χ2v) is 8.55. The highest BCUT2D eigenvalue weighted by atomic mass is 32.2. The number of methoxy groups -OCH3 is 1. The summed E-state index contributed by atoms with van der Waals surface area (Å²) in [5.74, 6) is 1.12. The van der Waals surface area contributed by atoms with Crippen LogP contribution in [0.5, 0.6) is 5.75 Å². The maximum Gasteiger partial charge on any atom is 0.253 e. The Bertz CT molecular complexity index is 1100. The smallest absolute Gasteiger partial charge is 0.253 e. The molecule has 0 atom stereocenters. The Balaban J connectivity index is 1.55. The van der Waals surface area contributed by atoms with Gasteiger partial charge >= 0.3 is 0 Å².